The summed E-state index contributed by atoms with van der Waals surface area (Å²) in [5.41, 5.74) is 5.97. The summed E-state index contributed by atoms with van der Waals surface area (Å²) in [6.07, 6.45) is 4.14. The lowest BCUT2D eigenvalue weighted by atomic mass is 10.2. The van der Waals surface area contributed by atoms with E-state index in [9.17, 15) is 4.79 Å². The molecular weight excluding hydrogens is 310 g/mol. The van der Waals surface area contributed by atoms with Crippen LogP contribution < -0.4 is 0 Å². The van der Waals surface area contributed by atoms with Crippen LogP contribution in [0.25, 0.3) is 0 Å². The number of amides is 1. The molecule has 23 heavy (non-hydrogen) atoms. The smallest absolute Gasteiger partial charge is 0.274 e. The maximum atomic E-state index is 12.8. The number of thiazole rings is 1. The van der Waals surface area contributed by atoms with Crippen molar-refractivity contribution in [1.29, 1.82) is 0 Å². The van der Waals surface area contributed by atoms with E-state index in [1.165, 1.54) is 0 Å². The first-order valence-electron chi connectivity index (χ1n) is 8.26. The van der Waals surface area contributed by atoms with Gasteiger partial charge in [-0.25, -0.2) is 4.98 Å². The molecule has 1 saturated heterocycles. The highest BCUT2D eigenvalue weighted by atomic mass is 32.1. The van der Waals surface area contributed by atoms with Crippen LogP contribution in [0.4, 0.5) is 0 Å². The largest absolute Gasteiger partial charge is 0.336 e. The van der Waals surface area contributed by atoms with E-state index in [1.807, 2.05) is 10.4 Å². The average molecular weight is 331 g/mol. The number of H-pyrrole nitrogens is 1. The first-order valence-corrected chi connectivity index (χ1v) is 9.20. The molecule has 0 spiro atoms. The number of carbonyl (C=O) groups is 1. The molecule has 4 rings (SSSR count). The third kappa shape index (κ3) is 3.03. The fraction of sp³-hybridized carbons (Fsp3) is 0.562. The summed E-state index contributed by atoms with van der Waals surface area (Å²) in [6.45, 7) is 4.37. The minimum absolute atomic E-state index is 0.0971. The van der Waals surface area contributed by atoms with E-state index in [-0.39, 0.29) is 5.91 Å². The van der Waals surface area contributed by atoms with Gasteiger partial charge >= 0.3 is 0 Å². The summed E-state index contributed by atoms with van der Waals surface area (Å²) in [4.78, 5) is 21.5. The van der Waals surface area contributed by atoms with Crippen LogP contribution in [0.3, 0.4) is 0 Å². The van der Waals surface area contributed by atoms with Gasteiger partial charge in [0.15, 0.2) is 5.69 Å². The molecule has 2 aliphatic rings. The van der Waals surface area contributed by atoms with Crippen molar-refractivity contribution in [1.82, 2.24) is 25.0 Å². The van der Waals surface area contributed by atoms with Crippen LogP contribution >= 0.6 is 11.3 Å². The number of carbonyl (C=O) groups excluding carboxylic acids is 1. The van der Waals surface area contributed by atoms with Gasteiger partial charge in [-0.15, -0.1) is 11.3 Å². The van der Waals surface area contributed by atoms with Crippen LogP contribution in [0.2, 0.25) is 0 Å². The van der Waals surface area contributed by atoms with Gasteiger partial charge in [0.25, 0.3) is 5.91 Å². The number of aromatic amines is 1. The summed E-state index contributed by atoms with van der Waals surface area (Å²) in [5.74, 6) is 0.0971. The lowest BCUT2D eigenvalue weighted by molar-refractivity contribution is 0.0754. The third-order valence-corrected chi connectivity index (χ3v) is 5.39. The molecule has 1 aliphatic carbocycles. The van der Waals surface area contributed by atoms with Crippen molar-refractivity contribution >= 4 is 17.2 Å². The molecular formula is C16H21N5OS. The van der Waals surface area contributed by atoms with Crippen molar-refractivity contribution in [3.63, 3.8) is 0 Å². The van der Waals surface area contributed by atoms with Crippen LogP contribution in [0, 0.1) is 0 Å². The molecule has 1 amide bonds. The zero-order chi connectivity index (χ0) is 15.6. The number of nitrogens with one attached hydrogen (secondary N) is 1. The van der Waals surface area contributed by atoms with Crippen molar-refractivity contribution in [2.45, 2.75) is 32.2 Å². The number of aromatic nitrogens is 3. The zero-order valence-electron chi connectivity index (χ0n) is 13.1. The van der Waals surface area contributed by atoms with Gasteiger partial charge in [-0.2, -0.15) is 5.10 Å². The van der Waals surface area contributed by atoms with E-state index in [0.717, 1.165) is 75.4 Å². The monoisotopic (exact) mass is 331 g/mol. The fourth-order valence-corrected chi connectivity index (χ4v) is 4.07. The second kappa shape index (κ2) is 6.41. The SMILES string of the molecule is O=C(c1n[nH]c2c1CCC2)N1CCCN(Cc2cscn2)CC1. The van der Waals surface area contributed by atoms with Gasteiger partial charge in [0, 0.05) is 49.4 Å². The van der Waals surface area contributed by atoms with E-state index in [2.05, 4.69) is 25.5 Å². The van der Waals surface area contributed by atoms with Gasteiger partial charge in [0.05, 0.1) is 11.2 Å². The molecule has 6 nitrogen and oxygen atoms in total. The molecule has 122 valence electrons. The lowest BCUT2D eigenvalue weighted by Gasteiger charge is -2.21. The molecule has 0 radical (unpaired) electrons. The maximum Gasteiger partial charge on any atom is 0.274 e. The molecule has 0 bridgehead atoms. The summed E-state index contributed by atoms with van der Waals surface area (Å²) in [7, 11) is 0. The molecule has 2 aromatic rings. The first-order chi connectivity index (χ1) is 11.3. The molecule has 0 unspecified atom stereocenters. The first kappa shape index (κ1) is 14.8. The van der Waals surface area contributed by atoms with Crippen molar-refractivity contribution in [3.8, 4) is 0 Å². The molecule has 7 heteroatoms. The van der Waals surface area contributed by atoms with E-state index in [0.29, 0.717) is 5.69 Å². The number of hydrogen-bond acceptors (Lipinski definition) is 5. The van der Waals surface area contributed by atoms with Crippen molar-refractivity contribution < 1.29 is 4.79 Å². The predicted octanol–water partition coefficient (Wildman–Crippen LogP) is 1.70. The van der Waals surface area contributed by atoms with E-state index >= 15 is 0 Å². The topological polar surface area (TPSA) is 65.1 Å². The number of rotatable bonds is 3. The Labute approximate surface area is 139 Å². The molecule has 0 saturated carbocycles. The van der Waals surface area contributed by atoms with Gasteiger partial charge in [-0.1, -0.05) is 0 Å². The van der Waals surface area contributed by atoms with E-state index in [4.69, 9.17) is 0 Å². The molecule has 0 aromatic carbocycles. The Hall–Kier alpha value is -1.73. The van der Waals surface area contributed by atoms with Gasteiger partial charge in [-0.3, -0.25) is 14.8 Å². The van der Waals surface area contributed by atoms with Crippen molar-refractivity contribution in [2.24, 2.45) is 0 Å². The standard InChI is InChI=1S/C16H21N5OS/c22-16(15-13-3-1-4-14(13)18-19-15)21-6-2-5-20(7-8-21)9-12-10-23-11-17-12/h10-11H,1-9H2,(H,18,19). The fourth-order valence-electron chi connectivity index (χ4n) is 3.52. The number of hydrogen-bond donors (Lipinski definition) is 1. The third-order valence-electron chi connectivity index (χ3n) is 4.75. The van der Waals surface area contributed by atoms with E-state index in [1.54, 1.807) is 11.3 Å². The second-order valence-electron chi connectivity index (χ2n) is 6.28. The normalized spacial score (nSPS) is 18.9. The summed E-state index contributed by atoms with van der Waals surface area (Å²) in [5, 5.41) is 9.43. The second-order valence-corrected chi connectivity index (χ2v) is 7.00. The summed E-state index contributed by atoms with van der Waals surface area (Å²) < 4.78 is 0. The Balaban J connectivity index is 1.41. The Kier molecular flexibility index (Phi) is 4.13. The van der Waals surface area contributed by atoms with E-state index < -0.39 is 0 Å². The quantitative estimate of drug-likeness (QED) is 0.930. The minimum Gasteiger partial charge on any atom is -0.336 e. The Bertz CT molecular complexity index is 681. The molecule has 1 aliphatic heterocycles. The predicted molar refractivity (Wildman–Crippen MR) is 88.5 cm³/mol. The minimum atomic E-state index is 0.0971. The molecule has 1 N–H and O–H groups in total. The molecule has 0 atom stereocenters. The maximum absolute atomic E-state index is 12.8. The van der Waals surface area contributed by atoms with Gasteiger partial charge in [0.2, 0.25) is 0 Å². The van der Waals surface area contributed by atoms with Gasteiger partial charge in [0.1, 0.15) is 0 Å². The Morgan fingerprint density at radius 3 is 3.04 bits per heavy atom. The van der Waals surface area contributed by atoms with Crippen molar-refractivity contribution in [2.75, 3.05) is 26.2 Å². The highest BCUT2D eigenvalue weighted by Crippen LogP contribution is 2.24. The number of aryl methyl sites for hydroxylation is 1. The van der Waals surface area contributed by atoms with Crippen LogP contribution in [0.5, 0.6) is 0 Å². The van der Waals surface area contributed by atoms with Gasteiger partial charge < -0.3 is 4.90 Å². The lowest BCUT2D eigenvalue weighted by Crippen LogP contribution is -2.35. The highest BCUT2D eigenvalue weighted by Gasteiger charge is 2.27. The Morgan fingerprint density at radius 2 is 2.17 bits per heavy atom. The van der Waals surface area contributed by atoms with Crippen LogP contribution in [0.15, 0.2) is 10.9 Å². The van der Waals surface area contributed by atoms with Crippen molar-refractivity contribution in [3.05, 3.63) is 33.5 Å². The van der Waals surface area contributed by atoms with Crippen LogP contribution in [-0.2, 0) is 19.4 Å². The highest BCUT2D eigenvalue weighted by molar-refractivity contribution is 7.07. The van der Waals surface area contributed by atoms with Crippen LogP contribution in [0.1, 0.15) is 40.3 Å². The average Bonchev–Trinajstić information content (AvgIpc) is 3.23. The molecule has 2 aromatic heterocycles. The number of fused-ring (bicyclic) bond motifs is 1. The summed E-state index contributed by atoms with van der Waals surface area (Å²) >= 11 is 1.63. The molecule has 1 fully saturated rings. The summed E-state index contributed by atoms with van der Waals surface area (Å²) in [6, 6.07) is 0. The number of nitrogens with zero attached hydrogens (tertiary/aromatic N) is 4. The van der Waals surface area contributed by atoms with Gasteiger partial charge in [-0.05, 0) is 25.7 Å². The zero-order valence-corrected chi connectivity index (χ0v) is 13.9. The Morgan fingerprint density at radius 1 is 1.22 bits per heavy atom. The molecule has 3 heterocycles. The van der Waals surface area contributed by atoms with Crippen LogP contribution in [-0.4, -0.2) is 57.1 Å².